The summed E-state index contributed by atoms with van der Waals surface area (Å²) in [7, 11) is 1.77. The van der Waals surface area contributed by atoms with E-state index in [1.165, 1.54) is 0 Å². The second-order valence-corrected chi connectivity index (χ2v) is 4.54. The summed E-state index contributed by atoms with van der Waals surface area (Å²) in [6.45, 7) is 2.46. The van der Waals surface area contributed by atoms with Crippen molar-refractivity contribution in [1.29, 1.82) is 0 Å². The van der Waals surface area contributed by atoms with E-state index in [-0.39, 0.29) is 5.91 Å². The van der Waals surface area contributed by atoms with Crippen molar-refractivity contribution in [2.24, 2.45) is 7.05 Å². The van der Waals surface area contributed by atoms with Gasteiger partial charge in [0, 0.05) is 19.3 Å². The molecule has 0 radical (unpaired) electrons. The summed E-state index contributed by atoms with van der Waals surface area (Å²) in [5, 5.41) is 7.04. The summed E-state index contributed by atoms with van der Waals surface area (Å²) in [4.78, 5) is 11.9. The SMILES string of the molecule is Cc1cc(C(=O)NCCc2ccc(N)cc2)n(C)n1. The van der Waals surface area contributed by atoms with Gasteiger partial charge in [-0.25, -0.2) is 0 Å². The molecule has 100 valence electrons. The van der Waals surface area contributed by atoms with Gasteiger partial charge in [0.1, 0.15) is 5.69 Å². The smallest absolute Gasteiger partial charge is 0.269 e. The van der Waals surface area contributed by atoms with E-state index in [0.717, 1.165) is 23.4 Å². The molecule has 3 N–H and O–H groups in total. The van der Waals surface area contributed by atoms with Crippen LogP contribution in [-0.2, 0) is 13.5 Å². The van der Waals surface area contributed by atoms with Crippen LogP contribution in [0.15, 0.2) is 30.3 Å². The van der Waals surface area contributed by atoms with Crippen molar-refractivity contribution in [3.63, 3.8) is 0 Å². The molecule has 0 saturated carbocycles. The Morgan fingerprint density at radius 2 is 2.05 bits per heavy atom. The normalized spacial score (nSPS) is 10.4. The van der Waals surface area contributed by atoms with Crippen molar-refractivity contribution in [3.05, 3.63) is 47.3 Å². The number of nitrogens with zero attached hydrogens (tertiary/aromatic N) is 2. The average molecular weight is 258 g/mol. The number of carbonyl (C=O) groups excluding carboxylic acids is 1. The van der Waals surface area contributed by atoms with Gasteiger partial charge in [0.15, 0.2) is 0 Å². The lowest BCUT2D eigenvalue weighted by Crippen LogP contribution is -2.27. The minimum absolute atomic E-state index is 0.0986. The number of carbonyl (C=O) groups is 1. The van der Waals surface area contributed by atoms with Crippen LogP contribution in [0.1, 0.15) is 21.7 Å². The van der Waals surface area contributed by atoms with Crippen molar-refractivity contribution in [2.45, 2.75) is 13.3 Å². The first-order valence-corrected chi connectivity index (χ1v) is 6.19. The number of nitrogens with one attached hydrogen (secondary N) is 1. The van der Waals surface area contributed by atoms with Gasteiger partial charge in [0.05, 0.1) is 5.69 Å². The highest BCUT2D eigenvalue weighted by molar-refractivity contribution is 5.92. The van der Waals surface area contributed by atoms with Crippen LogP contribution in [0.5, 0.6) is 0 Å². The molecule has 0 aliphatic heterocycles. The van der Waals surface area contributed by atoms with Crippen molar-refractivity contribution in [1.82, 2.24) is 15.1 Å². The molecule has 0 fully saturated rings. The van der Waals surface area contributed by atoms with Crippen LogP contribution in [0.4, 0.5) is 5.69 Å². The molecule has 0 spiro atoms. The zero-order valence-corrected chi connectivity index (χ0v) is 11.2. The standard InChI is InChI=1S/C14H18N4O/c1-10-9-13(18(2)17-10)14(19)16-8-7-11-3-5-12(15)6-4-11/h3-6,9H,7-8,15H2,1-2H3,(H,16,19). The number of amides is 1. The topological polar surface area (TPSA) is 72.9 Å². The molecule has 2 rings (SSSR count). The first kappa shape index (κ1) is 13.1. The third kappa shape index (κ3) is 3.34. The highest BCUT2D eigenvalue weighted by Gasteiger charge is 2.10. The molecule has 19 heavy (non-hydrogen) atoms. The fourth-order valence-corrected chi connectivity index (χ4v) is 1.92. The van der Waals surface area contributed by atoms with Crippen LogP contribution in [0.25, 0.3) is 0 Å². The number of aryl methyl sites for hydroxylation is 2. The van der Waals surface area contributed by atoms with Gasteiger partial charge in [0.25, 0.3) is 5.91 Å². The van der Waals surface area contributed by atoms with Crippen LogP contribution >= 0.6 is 0 Å². The van der Waals surface area contributed by atoms with E-state index in [4.69, 9.17) is 5.73 Å². The molecule has 1 aromatic heterocycles. The van der Waals surface area contributed by atoms with Crippen molar-refractivity contribution >= 4 is 11.6 Å². The molecule has 5 nitrogen and oxygen atoms in total. The molecule has 0 saturated heterocycles. The lowest BCUT2D eigenvalue weighted by atomic mass is 10.1. The van der Waals surface area contributed by atoms with Gasteiger partial charge in [-0.3, -0.25) is 9.48 Å². The van der Waals surface area contributed by atoms with Crippen molar-refractivity contribution in [3.8, 4) is 0 Å². The first-order chi connectivity index (χ1) is 9.06. The maximum absolute atomic E-state index is 11.9. The van der Waals surface area contributed by atoms with Gasteiger partial charge < -0.3 is 11.1 Å². The monoisotopic (exact) mass is 258 g/mol. The highest BCUT2D eigenvalue weighted by atomic mass is 16.2. The number of hydrogen-bond acceptors (Lipinski definition) is 3. The van der Waals surface area contributed by atoms with Gasteiger partial charge in [-0.15, -0.1) is 0 Å². The van der Waals surface area contributed by atoms with E-state index < -0.39 is 0 Å². The molecule has 0 bridgehead atoms. The number of aromatic nitrogens is 2. The van der Waals surface area contributed by atoms with E-state index >= 15 is 0 Å². The Morgan fingerprint density at radius 3 is 2.63 bits per heavy atom. The van der Waals surface area contributed by atoms with E-state index in [1.807, 2.05) is 31.2 Å². The minimum Gasteiger partial charge on any atom is -0.399 e. The summed E-state index contributed by atoms with van der Waals surface area (Å²) in [5.74, 6) is -0.0986. The zero-order chi connectivity index (χ0) is 13.8. The third-order valence-corrected chi connectivity index (χ3v) is 2.91. The molecule has 1 aromatic carbocycles. The second-order valence-electron chi connectivity index (χ2n) is 4.54. The molecular formula is C14H18N4O. The fraction of sp³-hybridized carbons (Fsp3) is 0.286. The minimum atomic E-state index is -0.0986. The van der Waals surface area contributed by atoms with E-state index in [2.05, 4.69) is 10.4 Å². The first-order valence-electron chi connectivity index (χ1n) is 6.19. The number of nitrogen functional groups attached to an aromatic ring is 1. The molecule has 0 unspecified atom stereocenters. The summed E-state index contributed by atoms with van der Waals surface area (Å²) >= 11 is 0. The Balaban J connectivity index is 1.87. The predicted molar refractivity (Wildman–Crippen MR) is 74.8 cm³/mol. The van der Waals surface area contributed by atoms with Crippen molar-refractivity contribution < 1.29 is 4.79 Å². The molecule has 0 atom stereocenters. The molecule has 1 amide bonds. The van der Waals surface area contributed by atoms with Gasteiger partial charge in [-0.1, -0.05) is 12.1 Å². The van der Waals surface area contributed by atoms with Crippen LogP contribution in [0, 0.1) is 6.92 Å². The van der Waals surface area contributed by atoms with E-state index in [0.29, 0.717) is 12.2 Å². The van der Waals surface area contributed by atoms with Crippen LogP contribution in [0.3, 0.4) is 0 Å². The number of nitrogens with two attached hydrogens (primary N) is 1. The lowest BCUT2D eigenvalue weighted by molar-refractivity contribution is 0.0944. The van der Waals surface area contributed by atoms with Gasteiger partial charge in [-0.05, 0) is 37.1 Å². The number of hydrogen-bond donors (Lipinski definition) is 2. The lowest BCUT2D eigenvalue weighted by Gasteiger charge is -2.05. The molecule has 2 aromatic rings. The van der Waals surface area contributed by atoms with Gasteiger partial charge in [-0.2, -0.15) is 5.10 Å². The quantitative estimate of drug-likeness (QED) is 0.811. The molecule has 0 aliphatic rings. The van der Waals surface area contributed by atoms with Crippen LogP contribution in [-0.4, -0.2) is 22.2 Å². The molecule has 0 aliphatic carbocycles. The maximum atomic E-state index is 11.9. The Bertz CT molecular complexity index is 572. The Morgan fingerprint density at radius 1 is 1.37 bits per heavy atom. The van der Waals surface area contributed by atoms with Crippen LogP contribution in [0.2, 0.25) is 0 Å². The second kappa shape index (κ2) is 5.56. The molecule has 1 heterocycles. The summed E-state index contributed by atoms with van der Waals surface area (Å²) in [6, 6.07) is 9.44. The molecule has 5 heteroatoms. The predicted octanol–water partition coefficient (Wildman–Crippen LogP) is 1.28. The maximum Gasteiger partial charge on any atom is 0.269 e. The third-order valence-electron chi connectivity index (χ3n) is 2.91. The fourth-order valence-electron chi connectivity index (χ4n) is 1.92. The number of rotatable bonds is 4. The van der Waals surface area contributed by atoms with Gasteiger partial charge >= 0.3 is 0 Å². The van der Waals surface area contributed by atoms with E-state index in [1.54, 1.807) is 17.8 Å². The largest absolute Gasteiger partial charge is 0.399 e. The average Bonchev–Trinajstić information content (AvgIpc) is 2.71. The zero-order valence-electron chi connectivity index (χ0n) is 11.2. The summed E-state index contributed by atoms with van der Waals surface area (Å²) in [5.41, 5.74) is 8.93. The van der Waals surface area contributed by atoms with E-state index in [9.17, 15) is 4.79 Å². The Kier molecular flexibility index (Phi) is 3.85. The Labute approximate surface area is 112 Å². The van der Waals surface area contributed by atoms with Gasteiger partial charge in [0.2, 0.25) is 0 Å². The highest BCUT2D eigenvalue weighted by Crippen LogP contribution is 2.06. The Hall–Kier alpha value is -2.30. The van der Waals surface area contributed by atoms with Crippen molar-refractivity contribution in [2.75, 3.05) is 12.3 Å². The summed E-state index contributed by atoms with van der Waals surface area (Å²) in [6.07, 6.45) is 0.781. The molecular weight excluding hydrogens is 240 g/mol. The summed E-state index contributed by atoms with van der Waals surface area (Å²) < 4.78 is 1.59. The number of benzene rings is 1. The number of anilines is 1. The van der Waals surface area contributed by atoms with Crippen LogP contribution < -0.4 is 11.1 Å².